The zero-order chi connectivity index (χ0) is 18.8. The summed E-state index contributed by atoms with van der Waals surface area (Å²) in [5.74, 6) is 0.835. The van der Waals surface area contributed by atoms with Gasteiger partial charge in [-0.15, -0.1) is 0 Å². The van der Waals surface area contributed by atoms with E-state index in [4.69, 9.17) is 4.42 Å². The van der Waals surface area contributed by atoms with Gasteiger partial charge in [0.15, 0.2) is 0 Å². The average Bonchev–Trinajstić information content (AvgIpc) is 3.09. The van der Waals surface area contributed by atoms with Gasteiger partial charge in [-0.05, 0) is 31.9 Å². The van der Waals surface area contributed by atoms with Crippen LogP contribution >= 0.6 is 0 Å². The summed E-state index contributed by atoms with van der Waals surface area (Å²) in [6.45, 7) is 7.07. The number of carbonyl (C=O) groups excluding carboxylic acids is 2. The third-order valence-corrected chi connectivity index (χ3v) is 5.36. The first kappa shape index (κ1) is 18.5. The van der Waals surface area contributed by atoms with E-state index < -0.39 is 0 Å². The van der Waals surface area contributed by atoms with Gasteiger partial charge in [0.25, 0.3) is 0 Å². The molecule has 0 unspecified atom stereocenters. The molecule has 0 N–H and O–H groups in total. The Morgan fingerprint density at radius 3 is 2.65 bits per heavy atom. The highest BCUT2D eigenvalue weighted by atomic mass is 16.3. The molecule has 0 saturated carbocycles. The number of para-hydroxylation sites is 1. The summed E-state index contributed by atoms with van der Waals surface area (Å²) in [4.78, 5) is 28.9. The van der Waals surface area contributed by atoms with Crippen LogP contribution in [0.15, 0.2) is 34.7 Å². The second kappa shape index (κ2) is 7.52. The second-order valence-electron chi connectivity index (χ2n) is 7.59. The van der Waals surface area contributed by atoms with E-state index in [0.29, 0.717) is 6.54 Å². The molecule has 5 nitrogen and oxygen atoms in total. The van der Waals surface area contributed by atoms with Crippen molar-refractivity contribution in [2.75, 3.05) is 20.1 Å². The molecule has 1 fully saturated rings. The van der Waals surface area contributed by atoms with E-state index in [1.54, 1.807) is 4.90 Å². The highest BCUT2D eigenvalue weighted by Crippen LogP contribution is 2.29. The van der Waals surface area contributed by atoms with Crippen molar-refractivity contribution in [3.05, 3.63) is 36.1 Å². The van der Waals surface area contributed by atoms with Crippen molar-refractivity contribution >= 4 is 22.8 Å². The number of likely N-dealkylation sites (tertiary alicyclic amines) is 1. The molecule has 3 rings (SSSR count). The van der Waals surface area contributed by atoms with Gasteiger partial charge in [-0.2, -0.15) is 0 Å². The molecule has 0 aliphatic carbocycles. The fourth-order valence-corrected chi connectivity index (χ4v) is 3.62. The lowest BCUT2D eigenvalue weighted by Gasteiger charge is -2.36. The van der Waals surface area contributed by atoms with Crippen molar-refractivity contribution in [3.63, 3.8) is 0 Å². The molecule has 1 aliphatic rings. The van der Waals surface area contributed by atoms with Gasteiger partial charge < -0.3 is 14.2 Å². The Balaban J connectivity index is 1.71. The number of hydrogen-bond acceptors (Lipinski definition) is 3. The van der Waals surface area contributed by atoms with Crippen molar-refractivity contribution in [1.82, 2.24) is 9.80 Å². The number of rotatable bonds is 4. The molecule has 2 atom stereocenters. The van der Waals surface area contributed by atoms with E-state index in [0.717, 1.165) is 36.1 Å². The monoisotopic (exact) mass is 356 g/mol. The minimum atomic E-state index is -0.147. The van der Waals surface area contributed by atoms with Gasteiger partial charge in [0, 0.05) is 31.4 Å². The second-order valence-corrected chi connectivity index (χ2v) is 7.59. The minimum Gasteiger partial charge on any atom is -0.459 e. The summed E-state index contributed by atoms with van der Waals surface area (Å²) >= 11 is 0. The smallest absolute Gasteiger partial charge is 0.227 e. The highest BCUT2D eigenvalue weighted by Gasteiger charge is 2.33. The Kier molecular flexibility index (Phi) is 5.35. The maximum Gasteiger partial charge on any atom is 0.227 e. The zero-order valence-electron chi connectivity index (χ0n) is 16.1. The van der Waals surface area contributed by atoms with Crippen molar-refractivity contribution in [3.8, 4) is 0 Å². The first-order valence-corrected chi connectivity index (χ1v) is 9.42. The SMILES string of the molecule is CC(C)C(=O)N1CCC[C@H](C(=O)N(C)[C@H](C)c2cc3ccccc3o2)C1. The lowest BCUT2D eigenvalue weighted by molar-refractivity contribution is -0.142. The van der Waals surface area contributed by atoms with E-state index in [1.165, 1.54) is 0 Å². The van der Waals surface area contributed by atoms with Crippen LogP contribution in [0.3, 0.4) is 0 Å². The fraction of sp³-hybridized carbons (Fsp3) is 0.524. The van der Waals surface area contributed by atoms with Gasteiger partial charge in [0.2, 0.25) is 11.8 Å². The normalized spacial score (nSPS) is 19.0. The molecule has 1 aliphatic heterocycles. The number of fused-ring (bicyclic) bond motifs is 1. The number of carbonyl (C=O) groups is 2. The molecule has 0 radical (unpaired) electrons. The molecule has 2 heterocycles. The lowest BCUT2D eigenvalue weighted by atomic mass is 9.95. The van der Waals surface area contributed by atoms with Crippen LogP contribution in [0.2, 0.25) is 0 Å². The summed E-state index contributed by atoms with van der Waals surface area (Å²) < 4.78 is 5.92. The molecule has 5 heteroatoms. The molecule has 1 aromatic heterocycles. The van der Waals surface area contributed by atoms with Crippen molar-refractivity contribution in [2.45, 2.75) is 39.7 Å². The van der Waals surface area contributed by atoms with Crippen molar-refractivity contribution < 1.29 is 14.0 Å². The lowest BCUT2D eigenvalue weighted by Crippen LogP contribution is -2.47. The number of piperidine rings is 1. The fourth-order valence-electron chi connectivity index (χ4n) is 3.62. The summed E-state index contributed by atoms with van der Waals surface area (Å²) in [5.41, 5.74) is 0.835. The Hall–Kier alpha value is -2.30. The Labute approximate surface area is 154 Å². The van der Waals surface area contributed by atoms with Crippen LogP contribution < -0.4 is 0 Å². The van der Waals surface area contributed by atoms with Gasteiger partial charge in [-0.25, -0.2) is 0 Å². The van der Waals surface area contributed by atoms with Crippen LogP contribution in [0, 0.1) is 11.8 Å². The number of nitrogens with zero attached hydrogens (tertiary/aromatic N) is 2. The first-order chi connectivity index (χ1) is 12.4. The van der Waals surface area contributed by atoms with Gasteiger partial charge >= 0.3 is 0 Å². The maximum atomic E-state index is 13.0. The summed E-state index contributed by atoms with van der Waals surface area (Å²) in [5, 5.41) is 1.04. The van der Waals surface area contributed by atoms with Gasteiger partial charge in [0.1, 0.15) is 11.3 Å². The molecule has 2 amide bonds. The van der Waals surface area contributed by atoms with Gasteiger partial charge in [-0.3, -0.25) is 9.59 Å². The predicted octanol–water partition coefficient (Wildman–Crippen LogP) is 3.85. The first-order valence-electron chi connectivity index (χ1n) is 9.42. The molecule has 140 valence electrons. The van der Waals surface area contributed by atoms with E-state index in [2.05, 4.69) is 0 Å². The van der Waals surface area contributed by atoms with Crippen LogP contribution in [0.25, 0.3) is 11.0 Å². The van der Waals surface area contributed by atoms with Gasteiger partial charge in [-0.1, -0.05) is 32.0 Å². The molecular weight excluding hydrogens is 328 g/mol. The van der Waals surface area contributed by atoms with Crippen LogP contribution in [0.4, 0.5) is 0 Å². The van der Waals surface area contributed by atoms with Crippen LogP contribution in [-0.4, -0.2) is 41.8 Å². The van der Waals surface area contributed by atoms with Crippen LogP contribution in [0.1, 0.15) is 45.4 Å². The van der Waals surface area contributed by atoms with Crippen LogP contribution in [-0.2, 0) is 9.59 Å². The standard InChI is InChI=1S/C21H28N2O3/c1-14(2)20(24)23-11-7-9-17(13-23)21(25)22(4)15(3)19-12-16-8-5-6-10-18(16)26-19/h5-6,8,10,12,14-15,17H,7,9,11,13H2,1-4H3/t15-,17+/m1/s1. The molecule has 26 heavy (non-hydrogen) atoms. The quantitative estimate of drug-likeness (QED) is 0.836. The Bertz CT molecular complexity index is 762. The van der Waals surface area contributed by atoms with E-state index in [-0.39, 0.29) is 29.7 Å². The highest BCUT2D eigenvalue weighted by molar-refractivity contribution is 5.82. The Morgan fingerprint density at radius 1 is 1.23 bits per heavy atom. The topological polar surface area (TPSA) is 53.8 Å². The van der Waals surface area contributed by atoms with Crippen molar-refractivity contribution in [2.24, 2.45) is 11.8 Å². The Morgan fingerprint density at radius 2 is 1.96 bits per heavy atom. The third-order valence-electron chi connectivity index (χ3n) is 5.36. The number of amides is 2. The molecule has 2 aromatic rings. The molecular formula is C21H28N2O3. The largest absolute Gasteiger partial charge is 0.459 e. The molecule has 0 spiro atoms. The zero-order valence-corrected chi connectivity index (χ0v) is 16.1. The minimum absolute atomic E-state index is 0.0314. The number of benzene rings is 1. The van der Waals surface area contributed by atoms with E-state index in [9.17, 15) is 9.59 Å². The predicted molar refractivity (Wildman–Crippen MR) is 102 cm³/mol. The maximum absolute atomic E-state index is 13.0. The summed E-state index contributed by atoms with van der Waals surface area (Å²) in [7, 11) is 1.82. The number of hydrogen-bond donors (Lipinski definition) is 0. The van der Waals surface area contributed by atoms with Crippen LogP contribution in [0.5, 0.6) is 0 Å². The van der Waals surface area contributed by atoms with Crippen molar-refractivity contribution in [1.29, 1.82) is 0 Å². The summed E-state index contributed by atoms with van der Waals surface area (Å²) in [6, 6.07) is 9.71. The molecule has 0 bridgehead atoms. The van der Waals surface area contributed by atoms with E-state index in [1.807, 2.05) is 63.1 Å². The van der Waals surface area contributed by atoms with E-state index >= 15 is 0 Å². The molecule has 1 aromatic carbocycles. The van der Waals surface area contributed by atoms with Gasteiger partial charge in [0.05, 0.1) is 12.0 Å². The molecule has 1 saturated heterocycles. The third kappa shape index (κ3) is 3.62. The summed E-state index contributed by atoms with van der Waals surface area (Å²) in [6.07, 6.45) is 1.71. The average molecular weight is 356 g/mol. The number of furan rings is 1.